The van der Waals surface area contributed by atoms with Gasteiger partial charge in [-0.3, -0.25) is 0 Å². The second kappa shape index (κ2) is 10.1. The zero-order valence-corrected chi connectivity index (χ0v) is 19.6. The molecule has 7 heteroatoms. The van der Waals surface area contributed by atoms with Gasteiger partial charge in [-0.05, 0) is 61.4 Å². The van der Waals surface area contributed by atoms with E-state index in [4.69, 9.17) is 37.4 Å². The second-order valence-electron chi connectivity index (χ2n) is 7.32. The topological polar surface area (TPSA) is 57.1 Å². The van der Waals surface area contributed by atoms with Gasteiger partial charge in [0.05, 0.1) is 6.61 Å². The van der Waals surface area contributed by atoms with Crippen LogP contribution in [-0.4, -0.2) is 18.5 Å². The van der Waals surface area contributed by atoms with Gasteiger partial charge in [-0.2, -0.15) is 0 Å². The van der Waals surface area contributed by atoms with E-state index in [-0.39, 0.29) is 11.6 Å². The van der Waals surface area contributed by atoms with Crippen molar-refractivity contribution in [3.8, 4) is 11.5 Å². The third kappa shape index (κ3) is 5.38. The molecule has 0 unspecified atom stereocenters. The van der Waals surface area contributed by atoms with Gasteiger partial charge in [0, 0.05) is 21.2 Å². The molecule has 1 aliphatic rings. The summed E-state index contributed by atoms with van der Waals surface area (Å²) in [5.41, 5.74) is 3.36. The average Bonchev–Trinajstić information content (AvgIpc) is 3.16. The normalized spacial score (nSPS) is 14.2. The Morgan fingerprint density at radius 3 is 2.55 bits per heavy atom. The van der Waals surface area contributed by atoms with Gasteiger partial charge in [0.15, 0.2) is 17.2 Å². The van der Waals surface area contributed by atoms with Gasteiger partial charge in [-0.25, -0.2) is 9.79 Å². The predicted octanol–water partition coefficient (Wildman–Crippen LogP) is 6.62. The van der Waals surface area contributed by atoms with Crippen LogP contribution in [0.4, 0.5) is 0 Å². The molecular weight excluding hydrogens is 461 g/mol. The van der Waals surface area contributed by atoms with Crippen LogP contribution in [0, 0.1) is 6.92 Å². The Hall–Kier alpha value is -3.28. The highest BCUT2D eigenvalue weighted by atomic mass is 35.5. The van der Waals surface area contributed by atoms with Gasteiger partial charge in [0.2, 0.25) is 5.90 Å². The van der Waals surface area contributed by atoms with E-state index in [1.165, 1.54) is 0 Å². The molecule has 0 bridgehead atoms. The number of carbonyl (C=O) groups excluding carboxylic acids is 1. The van der Waals surface area contributed by atoms with Crippen molar-refractivity contribution < 1.29 is 19.0 Å². The number of rotatable bonds is 7. The summed E-state index contributed by atoms with van der Waals surface area (Å²) in [6, 6.07) is 18.3. The van der Waals surface area contributed by atoms with Crippen LogP contribution in [0.2, 0.25) is 10.0 Å². The lowest BCUT2D eigenvalue weighted by molar-refractivity contribution is -0.129. The molecule has 1 aliphatic heterocycles. The van der Waals surface area contributed by atoms with Crippen LogP contribution in [0.1, 0.15) is 29.2 Å². The Bertz CT molecular complexity index is 1270. The van der Waals surface area contributed by atoms with Gasteiger partial charge in [-0.15, -0.1) is 0 Å². The highest BCUT2D eigenvalue weighted by Gasteiger charge is 2.24. The summed E-state index contributed by atoms with van der Waals surface area (Å²) in [6.07, 6.45) is 1.64. The number of carbonyl (C=O) groups is 1. The van der Waals surface area contributed by atoms with Crippen LogP contribution in [0.3, 0.4) is 0 Å². The van der Waals surface area contributed by atoms with E-state index < -0.39 is 5.97 Å². The van der Waals surface area contributed by atoms with E-state index in [1.54, 1.807) is 24.3 Å². The smallest absolute Gasteiger partial charge is 0.363 e. The second-order valence-corrected chi connectivity index (χ2v) is 8.13. The van der Waals surface area contributed by atoms with E-state index in [1.807, 2.05) is 56.3 Å². The van der Waals surface area contributed by atoms with Gasteiger partial charge >= 0.3 is 5.97 Å². The first-order valence-corrected chi connectivity index (χ1v) is 11.1. The minimum absolute atomic E-state index is 0.189. The fraction of sp³-hybridized carbons (Fsp3) is 0.154. The van der Waals surface area contributed by atoms with Crippen LogP contribution >= 0.6 is 23.2 Å². The molecule has 5 nitrogen and oxygen atoms in total. The van der Waals surface area contributed by atoms with E-state index in [0.29, 0.717) is 40.3 Å². The number of ether oxygens (including phenoxy) is 3. The maximum Gasteiger partial charge on any atom is 0.363 e. The zero-order chi connectivity index (χ0) is 23.4. The van der Waals surface area contributed by atoms with Crippen molar-refractivity contribution in [1.29, 1.82) is 0 Å². The molecule has 0 aliphatic carbocycles. The molecule has 0 saturated heterocycles. The Kier molecular flexibility index (Phi) is 7.02. The molecule has 1 heterocycles. The number of hydrogen-bond acceptors (Lipinski definition) is 5. The number of aryl methyl sites for hydroxylation is 1. The summed E-state index contributed by atoms with van der Waals surface area (Å²) in [7, 11) is 0. The predicted molar refractivity (Wildman–Crippen MR) is 130 cm³/mol. The first kappa shape index (κ1) is 22.9. The van der Waals surface area contributed by atoms with Crippen LogP contribution in [0.15, 0.2) is 71.4 Å². The molecule has 0 fully saturated rings. The van der Waals surface area contributed by atoms with Gasteiger partial charge < -0.3 is 14.2 Å². The number of benzene rings is 3. The van der Waals surface area contributed by atoms with Crippen LogP contribution in [-0.2, 0) is 16.1 Å². The lowest BCUT2D eigenvalue weighted by Crippen LogP contribution is -2.05. The van der Waals surface area contributed by atoms with Gasteiger partial charge in [0.1, 0.15) is 6.61 Å². The van der Waals surface area contributed by atoms with Crippen molar-refractivity contribution in [3.63, 3.8) is 0 Å². The number of cyclic esters (lactones) is 1. The summed E-state index contributed by atoms with van der Waals surface area (Å²) < 4.78 is 17.0. The molecule has 0 radical (unpaired) electrons. The standard InChI is InChI=1S/C26H21Cl2NO4/c1-3-31-24-13-17(9-11-23(24)32-15-19-6-4-5-7-20(19)27)12-22-26(30)33-25(29-22)18-10-8-16(2)21(28)14-18/h4-14H,3,15H2,1-2H3/b22-12+. The molecule has 0 amide bonds. The van der Waals surface area contributed by atoms with E-state index in [9.17, 15) is 4.79 Å². The van der Waals surface area contributed by atoms with Crippen molar-refractivity contribution in [2.45, 2.75) is 20.5 Å². The average molecular weight is 482 g/mol. The maximum atomic E-state index is 12.4. The molecule has 0 spiro atoms. The monoisotopic (exact) mass is 481 g/mol. The quantitative estimate of drug-likeness (QED) is 0.280. The Labute approximate surface area is 202 Å². The molecule has 168 valence electrons. The van der Waals surface area contributed by atoms with E-state index in [2.05, 4.69) is 4.99 Å². The Balaban J connectivity index is 1.57. The lowest BCUT2D eigenvalue weighted by atomic mass is 10.1. The fourth-order valence-electron chi connectivity index (χ4n) is 3.19. The molecule has 0 N–H and O–H groups in total. The third-order valence-electron chi connectivity index (χ3n) is 4.95. The molecule has 3 aromatic rings. The Morgan fingerprint density at radius 2 is 1.79 bits per heavy atom. The molecule has 0 aromatic heterocycles. The zero-order valence-electron chi connectivity index (χ0n) is 18.1. The highest BCUT2D eigenvalue weighted by Crippen LogP contribution is 2.31. The largest absolute Gasteiger partial charge is 0.490 e. The number of nitrogens with zero attached hydrogens (tertiary/aromatic N) is 1. The molecule has 33 heavy (non-hydrogen) atoms. The summed E-state index contributed by atoms with van der Waals surface area (Å²) in [5.74, 6) is 0.822. The van der Waals surface area contributed by atoms with Crippen LogP contribution < -0.4 is 9.47 Å². The number of hydrogen-bond donors (Lipinski definition) is 0. The first-order chi connectivity index (χ1) is 15.9. The van der Waals surface area contributed by atoms with Gasteiger partial charge in [-0.1, -0.05) is 53.5 Å². The Morgan fingerprint density at radius 1 is 0.970 bits per heavy atom. The SMILES string of the molecule is CCOc1cc(/C=C2/N=C(c3ccc(C)c(Cl)c3)OC2=O)ccc1OCc1ccccc1Cl. The highest BCUT2D eigenvalue weighted by molar-refractivity contribution is 6.32. The molecule has 3 aromatic carbocycles. The number of halogens is 2. The van der Waals surface area contributed by atoms with Crippen LogP contribution in [0.5, 0.6) is 11.5 Å². The van der Waals surface area contributed by atoms with Crippen molar-refractivity contribution in [2.24, 2.45) is 4.99 Å². The molecule has 0 saturated carbocycles. The molecular formula is C26H21Cl2NO4. The minimum Gasteiger partial charge on any atom is -0.490 e. The number of esters is 1. The minimum atomic E-state index is -0.529. The van der Waals surface area contributed by atoms with Crippen molar-refractivity contribution in [2.75, 3.05) is 6.61 Å². The molecule has 4 rings (SSSR count). The van der Waals surface area contributed by atoms with Crippen LogP contribution in [0.25, 0.3) is 6.08 Å². The maximum absolute atomic E-state index is 12.4. The summed E-state index contributed by atoms with van der Waals surface area (Å²) in [5, 5.41) is 1.22. The van der Waals surface area contributed by atoms with Crippen molar-refractivity contribution in [1.82, 2.24) is 0 Å². The van der Waals surface area contributed by atoms with E-state index in [0.717, 1.165) is 16.7 Å². The summed E-state index contributed by atoms with van der Waals surface area (Å²) in [6.45, 7) is 4.55. The van der Waals surface area contributed by atoms with Crippen molar-refractivity contribution >= 4 is 41.1 Å². The third-order valence-corrected chi connectivity index (χ3v) is 5.73. The number of aliphatic imine (C=N–C) groups is 1. The summed E-state index contributed by atoms with van der Waals surface area (Å²) >= 11 is 12.4. The summed E-state index contributed by atoms with van der Waals surface area (Å²) in [4.78, 5) is 16.7. The fourth-order valence-corrected chi connectivity index (χ4v) is 3.56. The molecule has 0 atom stereocenters. The first-order valence-electron chi connectivity index (χ1n) is 10.4. The van der Waals surface area contributed by atoms with Gasteiger partial charge in [0.25, 0.3) is 0 Å². The lowest BCUT2D eigenvalue weighted by Gasteiger charge is -2.13. The van der Waals surface area contributed by atoms with Crippen molar-refractivity contribution in [3.05, 3.63) is 98.7 Å². The van der Waals surface area contributed by atoms with E-state index >= 15 is 0 Å².